The molecule has 0 aliphatic carbocycles. The van der Waals surface area contributed by atoms with Crippen LogP contribution < -0.4 is 5.32 Å². The molecule has 0 aromatic heterocycles. The summed E-state index contributed by atoms with van der Waals surface area (Å²) < 4.78 is 1.16. The molecule has 0 saturated carbocycles. The molecular formula is C16H15IN2O. The molecule has 3 rings (SSSR count). The Labute approximate surface area is 132 Å². The molecule has 1 amide bonds. The minimum atomic E-state index is 0.0408. The summed E-state index contributed by atoms with van der Waals surface area (Å²) >= 11 is 2.25. The van der Waals surface area contributed by atoms with E-state index in [1.807, 2.05) is 36.4 Å². The monoisotopic (exact) mass is 378 g/mol. The lowest BCUT2D eigenvalue weighted by molar-refractivity contribution is -0.117. The molecular weight excluding hydrogens is 363 g/mol. The third kappa shape index (κ3) is 3.19. The number of nitrogens with zero attached hydrogens (tertiary/aromatic N) is 1. The van der Waals surface area contributed by atoms with Crippen molar-refractivity contribution in [2.45, 2.75) is 13.1 Å². The molecule has 2 aromatic carbocycles. The Morgan fingerprint density at radius 1 is 1.05 bits per heavy atom. The van der Waals surface area contributed by atoms with Crippen LogP contribution in [0.1, 0.15) is 11.1 Å². The number of hydrogen-bond donors (Lipinski definition) is 1. The van der Waals surface area contributed by atoms with E-state index in [1.165, 1.54) is 11.1 Å². The van der Waals surface area contributed by atoms with E-state index >= 15 is 0 Å². The number of anilines is 1. The standard InChI is InChI=1S/C16H15IN2O/c17-14-5-7-15(8-6-14)18-16(20)11-19-9-12-3-1-2-4-13(12)10-19/h1-8H,9-11H2,(H,18,20). The molecule has 0 spiro atoms. The van der Waals surface area contributed by atoms with Gasteiger partial charge in [0, 0.05) is 22.3 Å². The van der Waals surface area contributed by atoms with E-state index in [0.717, 1.165) is 22.3 Å². The number of benzene rings is 2. The first kappa shape index (κ1) is 13.6. The van der Waals surface area contributed by atoms with E-state index in [4.69, 9.17) is 0 Å². The Morgan fingerprint density at radius 2 is 1.65 bits per heavy atom. The number of nitrogens with one attached hydrogen (secondary N) is 1. The number of hydrogen-bond acceptors (Lipinski definition) is 2. The van der Waals surface area contributed by atoms with Crippen molar-refractivity contribution in [2.75, 3.05) is 11.9 Å². The summed E-state index contributed by atoms with van der Waals surface area (Å²) in [5, 5.41) is 2.94. The Morgan fingerprint density at radius 3 is 2.25 bits per heavy atom. The molecule has 1 N–H and O–H groups in total. The summed E-state index contributed by atoms with van der Waals surface area (Å²) in [5.41, 5.74) is 3.51. The van der Waals surface area contributed by atoms with Gasteiger partial charge in [0.2, 0.25) is 5.91 Å². The zero-order valence-electron chi connectivity index (χ0n) is 11.0. The van der Waals surface area contributed by atoms with Crippen LogP contribution in [-0.2, 0) is 17.9 Å². The number of carbonyl (C=O) groups excluding carboxylic acids is 1. The Bertz CT molecular complexity index is 600. The van der Waals surface area contributed by atoms with Gasteiger partial charge in [-0.1, -0.05) is 24.3 Å². The van der Waals surface area contributed by atoms with Gasteiger partial charge in [-0.3, -0.25) is 9.69 Å². The van der Waals surface area contributed by atoms with Crippen LogP contribution in [0.25, 0.3) is 0 Å². The molecule has 0 bridgehead atoms. The van der Waals surface area contributed by atoms with Crippen LogP contribution in [0.5, 0.6) is 0 Å². The summed E-state index contributed by atoms with van der Waals surface area (Å²) in [6, 6.07) is 16.2. The van der Waals surface area contributed by atoms with Crippen LogP contribution in [0.3, 0.4) is 0 Å². The molecule has 4 heteroatoms. The fraction of sp³-hybridized carbons (Fsp3) is 0.188. The summed E-state index contributed by atoms with van der Waals surface area (Å²) in [7, 11) is 0. The average molecular weight is 378 g/mol. The van der Waals surface area contributed by atoms with E-state index < -0.39 is 0 Å². The van der Waals surface area contributed by atoms with Crippen LogP contribution in [-0.4, -0.2) is 17.4 Å². The zero-order chi connectivity index (χ0) is 13.9. The van der Waals surface area contributed by atoms with Crippen molar-refractivity contribution in [3.8, 4) is 0 Å². The van der Waals surface area contributed by atoms with Crippen LogP contribution in [0.2, 0.25) is 0 Å². The summed E-state index contributed by atoms with van der Waals surface area (Å²) in [6.07, 6.45) is 0. The zero-order valence-corrected chi connectivity index (χ0v) is 13.1. The van der Waals surface area contributed by atoms with Gasteiger partial charge in [0.15, 0.2) is 0 Å². The first-order valence-electron chi connectivity index (χ1n) is 6.55. The number of rotatable bonds is 3. The Kier molecular flexibility index (Phi) is 4.03. The van der Waals surface area contributed by atoms with Gasteiger partial charge in [0.05, 0.1) is 6.54 Å². The van der Waals surface area contributed by atoms with Crippen molar-refractivity contribution in [2.24, 2.45) is 0 Å². The second kappa shape index (κ2) is 5.93. The second-order valence-electron chi connectivity index (χ2n) is 4.97. The Balaban J connectivity index is 1.57. The van der Waals surface area contributed by atoms with Crippen molar-refractivity contribution in [1.82, 2.24) is 4.90 Å². The van der Waals surface area contributed by atoms with Gasteiger partial charge in [-0.2, -0.15) is 0 Å². The van der Waals surface area contributed by atoms with Gasteiger partial charge in [0.1, 0.15) is 0 Å². The van der Waals surface area contributed by atoms with Crippen molar-refractivity contribution in [3.05, 3.63) is 63.2 Å². The van der Waals surface area contributed by atoms with E-state index in [2.05, 4.69) is 44.9 Å². The predicted molar refractivity (Wildman–Crippen MR) is 88.3 cm³/mol. The van der Waals surface area contributed by atoms with Crippen molar-refractivity contribution in [3.63, 3.8) is 0 Å². The molecule has 0 radical (unpaired) electrons. The van der Waals surface area contributed by atoms with Crippen LogP contribution in [0, 0.1) is 3.57 Å². The van der Waals surface area contributed by atoms with E-state index in [9.17, 15) is 4.79 Å². The molecule has 0 saturated heterocycles. The fourth-order valence-electron chi connectivity index (χ4n) is 2.45. The number of fused-ring (bicyclic) bond motifs is 1. The summed E-state index contributed by atoms with van der Waals surface area (Å²) in [5.74, 6) is 0.0408. The molecule has 0 atom stereocenters. The summed E-state index contributed by atoms with van der Waals surface area (Å²) in [4.78, 5) is 14.2. The molecule has 2 aromatic rings. The maximum Gasteiger partial charge on any atom is 0.238 e. The third-order valence-electron chi connectivity index (χ3n) is 3.40. The predicted octanol–water partition coefficient (Wildman–Crippen LogP) is 3.25. The van der Waals surface area contributed by atoms with Crippen LogP contribution in [0.15, 0.2) is 48.5 Å². The topological polar surface area (TPSA) is 32.3 Å². The molecule has 102 valence electrons. The first-order valence-corrected chi connectivity index (χ1v) is 7.63. The third-order valence-corrected chi connectivity index (χ3v) is 4.12. The van der Waals surface area contributed by atoms with Crippen LogP contribution in [0.4, 0.5) is 5.69 Å². The summed E-state index contributed by atoms with van der Waals surface area (Å²) in [6.45, 7) is 2.15. The number of carbonyl (C=O) groups is 1. The quantitative estimate of drug-likeness (QED) is 0.832. The highest BCUT2D eigenvalue weighted by Gasteiger charge is 2.20. The minimum absolute atomic E-state index is 0.0408. The second-order valence-corrected chi connectivity index (χ2v) is 6.21. The fourth-order valence-corrected chi connectivity index (χ4v) is 2.81. The normalized spacial score (nSPS) is 14.1. The highest BCUT2D eigenvalue weighted by Crippen LogP contribution is 2.21. The molecule has 0 fully saturated rings. The smallest absolute Gasteiger partial charge is 0.238 e. The largest absolute Gasteiger partial charge is 0.325 e. The van der Waals surface area contributed by atoms with Crippen LogP contribution >= 0.6 is 22.6 Å². The number of halogens is 1. The average Bonchev–Trinajstić information content (AvgIpc) is 2.83. The SMILES string of the molecule is O=C(CN1Cc2ccccc2C1)Nc1ccc(I)cc1. The number of amides is 1. The minimum Gasteiger partial charge on any atom is -0.325 e. The molecule has 20 heavy (non-hydrogen) atoms. The van der Waals surface area contributed by atoms with Gasteiger partial charge >= 0.3 is 0 Å². The van der Waals surface area contributed by atoms with E-state index in [-0.39, 0.29) is 5.91 Å². The van der Waals surface area contributed by atoms with Gasteiger partial charge in [-0.05, 0) is 58.0 Å². The van der Waals surface area contributed by atoms with Gasteiger partial charge < -0.3 is 5.32 Å². The maximum absolute atomic E-state index is 12.0. The van der Waals surface area contributed by atoms with E-state index in [0.29, 0.717) is 6.54 Å². The molecule has 1 aliphatic rings. The molecule has 1 aliphatic heterocycles. The van der Waals surface area contributed by atoms with Gasteiger partial charge in [-0.15, -0.1) is 0 Å². The molecule has 1 heterocycles. The lowest BCUT2D eigenvalue weighted by atomic mass is 10.1. The van der Waals surface area contributed by atoms with Gasteiger partial charge in [0.25, 0.3) is 0 Å². The van der Waals surface area contributed by atoms with Crippen molar-refractivity contribution in [1.29, 1.82) is 0 Å². The van der Waals surface area contributed by atoms with Crippen molar-refractivity contribution >= 4 is 34.2 Å². The Hall–Kier alpha value is -1.40. The molecule has 3 nitrogen and oxygen atoms in total. The lowest BCUT2D eigenvalue weighted by Gasteiger charge is -2.14. The lowest BCUT2D eigenvalue weighted by Crippen LogP contribution is -2.29. The highest BCUT2D eigenvalue weighted by molar-refractivity contribution is 14.1. The van der Waals surface area contributed by atoms with E-state index in [1.54, 1.807) is 0 Å². The first-order chi connectivity index (χ1) is 9.70. The van der Waals surface area contributed by atoms with Gasteiger partial charge in [-0.25, -0.2) is 0 Å². The molecule has 0 unspecified atom stereocenters. The highest BCUT2D eigenvalue weighted by atomic mass is 127. The van der Waals surface area contributed by atoms with Crippen molar-refractivity contribution < 1.29 is 4.79 Å². The maximum atomic E-state index is 12.0.